The number of hydrogen-bond donors (Lipinski definition) is 1. The molecule has 1 aliphatic heterocycles. The van der Waals surface area contributed by atoms with Crippen LogP contribution in [0.4, 0.5) is 11.5 Å². The fourth-order valence-corrected chi connectivity index (χ4v) is 2.63. The zero-order chi connectivity index (χ0) is 15.5. The van der Waals surface area contributed by atoms with Crippen LogP contribution in [-0.4, -0.2) is 29.2 Å². The van der Waals surface area contributed by atoms with Gasteiger partial charge in [0.2, 0.25) is 0 Å². The number of nitrogens with zero attached hydrogens (tertiary/aromatic N) is 3. The van der Waals surface area contributed by atoms with Crippen molar-refractivity contribution in [1.29, 1.82) is 0 Å². The van der Waals surface area contributed by atoms with E-state index in [1.165, 1.54) is 12.8 Å². The third-order valence-electron chi connectivity index (χ3n) is 3.49. The van der Waals surface area contributed by atoms with Crippen molar-refractivity contribution in [3.05, 3.63) is 46.1 Å². The Kier molecular flexibility index (Phi) is 4.45. The van der Waals surface area contributed by atoms with Crippen LogP contribution >= 0.6 is 23.2 Å². The molecule has 5 nitrogen and oxygen atoms in total. The summed E-state index contributed by atoms with van der Waals surface area (Å²) in [6, 6.07) is 8.39. The Morgan fingerprint density at radius 1 is 1.05 bits per heavy atom. The predicted molar refractivity (Wildman–Crippen MR) is 87.9 cm³/mol. The fourth-order valence-electron chi connectivity index (χ4n) is 2.33. The summed E-state index contributed by atoms with van der Waals surface area (Å²) in [4.78, 5) is 14.3. The molecule has 0 bridgehead atoms. The summed E-state index contributed by atoms with van der Waals surface area (Å²) in [6.07, 6.45) is 2.34. The first-order valence-electron chi connectivity index (χ1n) is 6.98. The highest BCUT2D eigenvalue weighted by Gasteiger charge is 2.15. The lowest BCUT2D eigenvalue weighted by atomic mass is 10.3. The van der Waals surface area contributed by atoms with E-state index in [-0.39, 0.29) is 11.6 Å². The first-order chi connectivity index (χ1) is 10.6. The molecule has 1 fully saturated rings. The molecule has 1 aliphatic rings. The van der Waals surface area contributed by atoms with Gasteiger partial charge in [-0.05, 0) is 43.2 Å². The summed E-state index contributed by atoms with van der Waals surface area (Å²) < 4.78 is 0. The lowest BCUT2D eigenvalue weighted by Crippen LogP contribution is -2.21. The molecule has 0 atom stereocenters. The van der Waals surface area contributed by atoms with Crippen LogP contribution in [-0.2, 0) is 0 Å². The van der Waals surface area contributed by atoms with E-state index in [4.69, 9.17) is 23.2 Å². The Balaban J connectivity index is 1.70. The van der Waals surface area contributed by atoms with Crippen LogP contribution in [0.5, 0.6) is 0 Å². The van der Waals surface area contributed by atoms with E-state index in [1.807, 2.05) is 6.07 Å². The number of benzene rings is 1. The molecule has 22 heavy (non-hydrogen) atoms. The van der Waals surface area contributed by atoms with E-state index in [1.54, 1.807) is 24.3 Å². The molecule has 3 rings (SSSR count). The number of halogens is 2. The lowest BCUT2D eigenvalue weighted by molar-refractivity contribution is 0.102. The third kappa shape index (κ3) is 3.31. The van der Waals surface area contributed by atoms with Crippen LogP contribution in [0.15, 0.2) is 30.3 Å². The molecule has 0 unspecified atom stereocenters. The molecule has 0 spiro atoms. The number of aromatic nitrogens is 2. The molecule has 2 aromatic rings. The fraction of sp³-hybridized carbons (Fsp3) is 0.267. The summed E-state index contributed by atoms with van der Waals surface area (Å²) in [7, 11) is 0. The third-order valence-corrected chi connectivity index (χ3v) is 4.23. The number of anilines is 2. The Bertz CT molecular complexity index is 684. The largest absolute Gasteiger partial charge is 0.355 e. The van der Waals surface area contributed by atoms with Gasteiger partial charge in [0.05, 0.1) is 10.0 Å². The number of nitrogens with one attached hydrogen (secondary N) is 1. The van der Waals surface area contributed by atoms with Crippen LogP contribution in [0.3, 0.4) is 0 Å². The van der Waals surface area contributed by atoms with Gasteiger partial charge in [-0.1, -0.05) is 23.2 Å². The second-order valence-corrected chi connectivity index (χ2v) is 5.87. The maximum absolute atomic E-state index is 12.1. The molecule has 0 radical (unpaired) electrons. The number of amides is 1. The van der Waals surface area contributed by atoms with Gasteiger partial charge in [-0.3, -0.25) is 4.79 Å². The standard InChI is InChI=1S/C15H14Cl2N4O/c16-11-4-3-10(9-12(11)17)18-15(22)13-5-6-14(20-19-13)21-7-1-2-8-21/h3-6,9H,1-2,7-8H2,(H,18,22). The van der Waals surface area contributed by atoms with Crippen LogP contribution in [0.1, 0.15) is 23.3 Å². The van der Waals surface area contributed by atoms with Crippen LogP contribution in [0.2, 0.25) is 10.0 Å². The minimum absolute atomic E-state index is 0.258. The molecule has 1 N–H and O–H groups in total. The summed E-state index contributed by atoms with van der Waals surface area (Å²) in [5, 5.41) is 11.7. The molecule has 114 valence electrons. The first-order valence-corrected chi connectivity index (χ1v) is 7.74. The highest BCUT2D eigenvalue weighted by molar-refractivity contribution is 6.42. The maximum atomic E-state index is 12.1. The van der Waals surface area contributed by atoms with E-state index in [0.29, 0.717) is 15.7 Å². The Hall–Kier alpha value is -1.85. The Morgan fingerprint density at radius 3 is 2.45 bits per heavy atom. The molecule has 7 heteroatoms. The zero-order valence-electron chi connectivity index (χ0n) is 11.7. The van der Waals surface area contributed by atoms with Crippen LogP contribution < -0.4 is 10.2 Å². The predicted octanol–water partition coefficient (Wildman–Crippen LogP) is 3.64. The van der Waals surface area contributed by atoms with Gasteiger partial charge in [0.25, 0.3) is 5.91 Å². The summed E-state index contributed by atoms with van der Waals surface area (Å²) in [5.74, 6) is 0.474. The number of carbonyl (C=O) groups excluding carboxylic acids is 1. The minimum Gasteiger partial charge on any atom is -0.355 e. The van der Waals surface area contributed by atoms with Crippen molar-refractivity contribution in [1.82, 2.24) is 10.2 Å². The van der Waals surface area contributed by atoms with Gasteiger partial charge in [-0.25, -0.2) is 0 Å². The van der Waals surface area contributed by atoms with E-state index in [2.05, 4.69) is 20.4 Å². The summed E-state index contributed by atoms with van der Waals surface area (Å²) in [6.45, 7) is 1.98. The summed E-state index contributed by atoms with van der Waals surface area (Å²) in [5.41, 5.74) is 0.818. The maximum Gasteiger partial charge on any atom is 0.276 e. The molecule has 0 aliphatic carbocycles. The highest BCUT2D eigenvalue weighted by atomic mass is 35.5. The van der Waals surface area contributed by atoms with E-state index in [9.17, 15) is 4.79 Å². The van der Waals surface area contributed by atoms with Crippen molar-refractivity contribution in [3.63, 3.8) is 0 Å². The average Bonchev–Trinajstić information content (AvgIpc) is 3.05. The number of carbonyl (C=O) groups is 1. The molecular formula is C15H14Cl2N4O. The molecule has 1 aromatic carbocycles. The van der Waals surface area contributed by atoms with E-state index < -0.39 is 0 Å². The van der Waals surface area contributed by atoms with E-state index in [0.717, 1.165) is 18.9 Å². The van der Waals surface area contributed by atoms with Gasteiger partial charge in [-0.15, -0.1) is 10.2 Å². The molecular weight excluding hydrogens is 323 g/mol. The first kappa shape index (κ1) is 15.1. The SMILES string of the molecule is O=C(Nc1ccc(Cl)c(Cl)c1)c1ccc(N2CCCC2)nn1. The zero-order valence-corrected chi connectivity index (χ0v) is 13.2. The monoisotopic (exact) mass is 336 g/mol. The van der Waals surface area contributed by atoms with Gasteiger partial charge in [0.15, 0.2) is 11.5 Å². The van der Waals surface area contributed by atoms with E-state index >= 15 is 0 Å². The lowest BCUT2D eigenvalue weighted by Gasteiger charge is -2.15. The summed E-state index contributed by atoms with van der Waals surface area (Å²) >= 11 is 11.8. The Morgan fingerprint density at radius 2 is 1.82 bits per heavy atom. The van der Waals surface area contributed by atoms with Gasteiger partial charge >= 0.3 is 0 Å². The van der Waals surface area contributed by atoms with Gasteiger partial charge in [0.1, 0.15) is 0 Å². The topological polar surface area (TPSA) is 58.1 Å². The van der Waals surface area contributed by atoms with Crippen molar-refractivity contribution in [2.45, 2.75) is 12.8 Å². The average molecular weight is 337 g/mol. The number of rotatable bonds is 3. The molecule has 1 aromatic heterocycles. The second kappa shape index (κ2) is 6.50. The molecule has 0 saturated carbocycles. The second-order valence-electron chi connectivity index (χ2n) is 5.05. The van der Waals surface area contributed by atoms with Gasteiger partial charge in [-0.2, -0.15) is 0 Å². The highest BCUT2D eigenvalue weighted by Crippen LogP contribution is 2.25. The van der Waals surface area contributed by atoms with Gasteiger partial charge in [0, 0.05) is 18.8 Å². The number of hydrogen-bond acceptors (Lipinski definition) is 4. The quantitative estimate of drug-likeness (QED) is 0.929. The Labute approximate surface area is 138 Å². The van der Waals surface area contributed by atoms with Crippen LogP contribution in [0, 0.1) is 0 Å². The normalized spacial score (nSPS) is 14.2. The van der Waals surface area contributed by atoms with Crippen molar-refractivity contribution in [2.75, 3.05) is 23.3 Å². The van der Waals surface area contributed by atoms with Crippen LogP contribution in [0.25, 0.3) is 0 Å². The molecule has 1 saturated heterocycles. The van der Waals surface area contributed by atoms with Gasteiger partial charge < -0.3 is 10.2 Å². The van der Waals surface area contributed by atoms with Crippen molar-refractivity contribution >= 4 is 40.6 Å². The molecule has 1 amide bonds. The smallest absolute Gasteiger partial charge is 0.276 e. The minimum atomic E-state index is -0.334. The van der Waals surface area contributed by atoms with Crippen molar-refractivity contribution in [2.24, 2.45) is 0 Å². The van der Waals surface area contributed by atoms with Crippen molar-refractivity contribution in [3.8, 4) is 0 Å². The molecule has 2 heterocycles. The van der Waals surface area contributed by atoms with Crippen molar-refractivity contribution < 1.29 is 4.79 Å².